The molecular formula is C69H90N18O4. The normalized spacial score (nSPS) is 21.5. The van der Waals surface area contributed by atoms with Gasteiger partial charge in [-0.2, -0.15) is 0 Å². The standard InChI is InChI=1S/C69H90N18O4/c1-46-40-50(75-65-60(62(70)88)77-58(54-8-4-6-26-71-54)63(79-65)73-48-18-36-90-37-19-48)10-12-57(46)85-30-16-53(17-31-85)86-44-69(45-86)24-34-87(35-25-69)81-67(89)61-66(80-64(74-49-20-38-91-39-21-49)59(78-61)55-9-5-7-27-72-55)76-51-11-13-56(47(2)41-51)84-28-14-52(15-29-84)83-32-22-68(23-33-83)42-82(3)43-68/h4-13,26-27,40-41,48-49,52-53H,14-25,28-39,42-45H2,1-3H3,(H2,70,88)(H,81,89)(H2,73,75,79)(H2,74,76,80). The maximum absolute atomic E-state index is 14.8. The lowest BCUT2D eigenvalue weighted by Gasteiger charge is -2.57. The van der Waals surface area contributed by atoms with E-state index in [1.807, 2.05) is 42.5 Å². The number of primary amides is 1. The molecule has 2 amide bonds. The number of benzene rings is 2. The highest BCUT2D eigenvalue weighted by atomic mass is 16.5. The molecule has 0 aliphatic carbocycles. The van der Waals surface area contributed by atoms with E-state index in [1.165, 1.54) is 68.8 Å². The van der Waals surface area contributed by atoms with Crippen LogP contribution in [0, 0.1) is 24.7 Å². The third-order valence-corrected chi connectivity index (χ3v) is 21.0. The maximum Gasteiger partial charge on any atom is 0.288 e. The highest BCUT2D eigenvalue weighted by Crippen LogP contribution is 2.44. The third-order valence-electron chi connectivity index (χ3n) is 21.0. The fourth-order valence-electron chi connectivity index (χ4n) is 15.9. The Labute approximate surface area is 534 Å². The molecule has 0 atom stereocenters. The van der Waals surface area contributed by atoms with Crippen LogP contribution < -0.4 is 42.2 Å². The first kappa shape index (κ1) is 60.9. The van der Waals surface area contributed by atoms with Crippen LogP contribution in [0.15, 0.2) is 85.2 Å². The summed E-state index contributed by atoms with van der Waals surface area (Å²) in [5.74, 6) is 0.853. The molecule has 2 spiro atoms. The second-order valence-corrected chi connectivity index (χ2v) is 27.3. The van der Waals surface area contributed by atoms with E-state index in [1.54, 1.807) is 12.4 Å². The predicted molar refractivity (Wildman–Crippen MR) is 356 cm³/mol. The molecule has 22 heteroatoms. The number of aromatic nitrogens is 6. The highest BCUT2D eigenvalue weighted by molar-refractivity contribution is 5.99. The number of likely N-dealkylation sites (tertiary alicyclic amines) is 3. The van der Waals surface area contributed by atoms with Gasteiger partial charge in [0.2, 0.25) is 0 Å². The lowest BCUT2D eigenvalue weighted by atomic mass is 9.71. The summed E-state index contributed by atoms with van der Waals surface area (Å²) < 4.78 is 11.3. The second-order valence-electron chi connectivity index (χ2n) is 27.3. The molecular weight excluding hydrogens is 1140 g/mol. The van der Waals surface area contributed by atoms with Crippen LogP contribution in [0.5, 0.6) is 0 Å². The van der Waals surface area contributed by atoms with Crippen molar-refractivity contribution in [1.29, 1.82) is 0 Å². The minimum absolute atomic E-state index is 0.0485. The number of hydrogen-bond acceptors (Lipinski definition) is 20. The monoisotopic (exact) mass is 1230 g/mol. The number of amides is 2. The average Bonchev–Trinajstić information content (AvgIpc) is 0.908. The van der Waals surface area contributed by atoms with E-state index in [9.17, 15) is 9.59 Å². The van der Waals surface area contributed by atoms with Crippen LogP contribution >= 0.6 is 0 Å². The van der Waals surface area contributed by atoms with Crippen LogP contribution in [-0.4, -0.2) is 198 Å². The summed E-state index contributed by atoms with van der Waals surface area (Å²) in [6, 6.07) is 25.7. The molecule has 14 rings (SSSR count). The number of aryl methyl sites for hydroxylation is 2. The summed E-state index contributed by atoms with van der Waals surface area (Å²) >= 11 is 0. The zero-order chi connectivity index (χ0) is 62.1. The van der Waals surface area contributed by atoms with Gasteiger partial charge in [0.25, 0.3) is 11.8 Å². The zero-order valence-electron chi connectivity index (χ0n) is 53.3. The van der Waals surface area contributed by atoms with Gasteiger partial charge in [-0.1, -0.05) is 12.1 Å². The Kier molecular flexibility index (Phi) is 17.8. The van der Waals surface area contributed by atoms with Crippen LogP contribution in [0.4, 0.5) is 46.0 Å². The van der Waals surface area contributed by atoms with Gasteiger partial charge in [-0.05, 0) is 194 Å². The minimum Gasteiger partial charge on any atom is -0.381 e. The van der Waals surface area contributed by atoms with E-state index in [4.69, 9.17) is 40.1 Å². The largest absolute Gasteiger partial charge is 0.381 e. The van der Waals surface area contributed by atoms with Crippen LogP contribution in [0.2, 0.25) is 0 Å². The van der Waals surface area contributed by atoms with Crippen molar-refractivity contribution in [2.24, 2.45) is 16.6 Å². The van der Waals surface area contributed by atoms with Gasteiger partial charge in [0.15, 0.2) is 34.7 Å². The number of nitrogens with one attached hydrogen (secondary N) is 5. The molecule has 0 radical (unpaired) electrons. The smallest absolute Gasteiger partial charge is 0.288 e. The number of nitrogens with two attached hydrogens (primary N) is 1. The molecule has 480 valence electrons. The molecule has 0 saturated carbocycles. The number of anilines is 8. The van der Waals surface area contributed by atoms with Gasteiger partial charge in [-0.15, -0.1) is 0 Å². The van der Waals surface area contributed by atoms with Gasteiger partial charge < -0.3 is 56.1 Å². The number of hydrazine groups is 1. The molecule has 2 aromatic carbocycles. The van der Waals surface area contributed by atoms with Crippen LogP contribution in [0.3, 0.4) is 0 Å². The molecule has 0 unspecified atom stereocenters. The number of carbonyl (C=O) groups is 2. The van der Waals surface area contributed by atoms with E-state index in [2.05, 4.69) is 112 Å². The number of hydrogen-bond donors (Lipinski definition) is 6. The summed E-state index contributed by atoms with van der Waals surface area (Å²) in [4.78, 5) is 70.2. The highest BCUT2D eigenvalue weighted by Gasteiger charge is 2.48. The van der Waals surface area contributed by atoms with Gasteiger partial charge >= 0.3 is 0 Å². The van der Waals surface area contributed by atoms with E-state index in [-0.39, 0.29) is 34.8 Å². The fourth-order valence-corrected chi connectivity index (χ4v) is 15.9. The van der Waals surface area contributed by atoms with Gasteiger partial charge in [-0.3, -0.25) is 29.9 Å². The molecule has 8 aliphatic rings. The lowest BCUT2D eigenvalue weighted by Crippen LogP contribution is -2.65. The maximum atomic E-state index is 14.8. The molecule has 7 N–H and O–H groups in total. The van der Waals surface area contributed by atoms with E-state index < -0.39 is 5.91 Å². The van der Waals surface area contributed by atoms with Crippen molar-refractivity contribution in [2.45, 2.75) is 115 Å². The molecule has 12 heterocycles. The van der Waals surface area contributed by atoms with Gasteiger partial charge in [0, 0.05) is 151 Å². The summed E-state index contributed by atoms with van der Waals surface area (Å²) in [7, 11) is 2.25. The topological polar surface area (TPSA) is 236 Å². The summed E-state index contributed by atoms with van der Waals surface area (Å²) in [5.41, 5.74) is 19.0. The number of piperidine rings is 4. The number of rotatable bonds is 17. The molecule has 8 saturated heterocycles. The van der Waals surface area contributed by atoms with E-state index >= 15 is 0 Å². The molecule has 4 aromatic heterocycles. The first-order chi connectivity index (χ1) is 44.4. The van der Waals surface area contributed by atoms with Crippen molar-refractivity contribution in [3.05, 3.63) is 108 Å². The summed E-state index contributed by atoms with van der Waals surface area (Å²) in [5, 5.41) is 16.3. The molecule has 91 heavy (non-hydrogen) atoms. The molecule has 8 aliphatic heterocycles. The Morgan fingerprint density at radius 3 is 1.45 bits per heavy atom. The van der Waals surface area contributed by atoms with Crippen LogP contribution in [-0.2, 0) is 9.47 Å². The van der Waals surface area contributed by atoms with E-state index in [0.717, 1.165) is 121 Å². The Morgan fingerprint density at radius 1 is 0.527 bits per heavy atom. The first-order valence-corrected chi connectivity index (χ1v) is 33.5. The van der Waals surface area contributed by atoms with Crippen LogP contribution in [0.25, 0.3) is 22.8 Å². The van der Waals surface area contributed by atoms with Crippen molar-refractivity contribution >= 4 is 57.8 Å². The SMILES string of the molecule is Cc1cc(Nc2nc(NC3CCOCC3)c(-c3ccccn3)nc2C(=O)NN2CCC3(CC2)CN(C2CCN(c4ccc(Nc5nc(NC6CCOCC6)c(-c6ccccn6)nc5C(N)=O)cc4C)CC2)C3)ccc1N1CCC(N2CCC3(CC2)CN(C)C3)CC1. The third kappa shape index (κ3) is 13.5. The Hall–Kier alpha value is -7.60. The fraction of sp³-hybridized carbons (Fsp3) is 0.536. The number of pyridine rings is 2. The van der Waals surface area contributed by atoms with Crippen LogP contribution in [0.1, 0.15) is 109 Å². The van der Waals surface area contributed by atoms with Crippen molar-refractivity contribution < 1.29 is 19.1 Å². The first-order valence-electron chi connectivity index (χ1n) is 33.5. The quantitative estimate of drug-likeness (QED) is 0.0502. The summed E-state index contributed by atoms with van der Waals surface area (Å²) in [6.07, 6.45) is 16.0. The van der Waals surface area contributed by atoms with Crippen molar-refractivity contribution in [2.75, 3.05) is 143 Å². The van der Waals surface area contributed by atoms with Crippen molar-refractivity contribution in [3.8, 4) is 22.8 Å². The number of ether oxygens (including phenoxy) is 2. The average molecular weight is 1240 g/mol. The number of nitrogens with zero attached hydrogens (tertiary/aromatic N) is 12. The lowest BCUT2D eigenvalue weighted by molar-refractivity contribution is -0.0785. The van der Waals surface area contributed by atoms with Gasteiger partial charge in [0.05, 0.1) is 11.4 Å². The molecule has 6 aromatic rings. The minimum atomic E-state index is -0.676. The molecule has 8 fully saturated rings. The summed E-state index contributed by atoms with van der Waals surface area (Å²) in [6.45, 7) is 19.7. The van der Waals surface area contributed by atoms with Gasteiger partial charge in [0.1, 0.15) is 11.4 Å². The van der Waals surface area contributed by atoms with Gasteiger partial charge in [-0.25, -0.2) is 24.9 Å². The number of carbonyl (C=O) groups excluding carboxylic acids is 2. The molecule has 22 nitrogen and oxygen atoms in total. The predicted octanol–water partition coefficient (Wildman–Crippen LogP) is 8.48. The molecule has 0 bridgehead atoms. The Morgan fingerprint density at radius 2 is 0.989 bits per heavy atom. The Bertz CT molecular complexity index is 3520. The Balaban J connectivity index is 0.599. The zero-order valence-corrected chi connectivity index (χ0v) is 53.3. The van der Waals surface area contributed by atoms with Crippen molar-refractivity contribution in [1.82, 2.24) is 55.0 Å². The van der Waals surface area contributed by atoms with Crippen molar-refractivity contribution in [3.63, 3.8) is 0 Å². The second kappa shape index (κ2) is 26.6. The van der Waals surface area contributed by atoms with E-state index in [0.29, 0.717) is 90.0 Å².